The Morgan fingerprint density at radius 3 is 2.61 bits per heavy atom. The molecule has 2 unspecified atom stereocenters. The average molecular weight is 313 g/mol. The minimum Gasteiger partial charge on any atom is -0.478 e. The van der Waals surface area contributed by atoms with E-state index in [0.717, 1.165) is 24.9 Å². The smallest absolute Gasteiger partial charge is 0.332 e. The summed E-state index contributed by atoms with van der Waals surface area (Å²) >= 11 is 0. The second-order valence-corrected chi connectivity index (χ2v) is 6.55. The van der Waals surface area contributed by atoms with Gasteiger partial charge in [-0.25, -0.2) is 4.79 Å². The van der Waals surface area contributed by atoms with Gasteiger partial charge >= 0.3 is 5.97 Å². The Balaban J connectivity index is 1.72. The van der Waals surface area contributed by atoms with E-state index in [1.54, 1.807) is 6.08 Å². The molecule has 1 heterocycles. The van der Waals surface area contributed by atoms with Crippen molar-refractivity contribution in [1.82, 2.24) is 4.90 Å². The Hall–Kier alpha value is -2.10. The molecule has 1 aliphatic carbocycles. The molecule has 1 aromatic carbocycles. The molecule has 0 spiro atoms. The average Bonchev–Trinajstić information content (AvgIpc) is 2.99. The predicted molar refractivity (Wildman–Crippen MR) is 88.7 cm³/mol. The first-order valence-corrected chi connectivity index (χ1v) is 8.43. The van der Waals surface area contributed by atoms with E-state index in [1.807, 2.05) is 35.2 Å². The number of rotatable bonds is 4. The Morgan fingerprint density at radius 1 is 1.13 bits per heavy atom. The highest BCUT2D eigenvalue weighted by Gasteiger charge is 2.38. The molecule has 2 atom stereocenters. The number of aliphatic carboxylic acids is 1. The van der Waals surface area contributed by atoms with Crippen LogP contribution in [0.2, 0.25) is 0 Å². The van der Waals surface area contributed by atoms with Gasteiger partial charge in [-0.1, -0.05) is 43.2 Å². The van der Waals surface area contributed by atoms with E-state index in [9.17, 15) is 14.7 Å². The highest BCUT2D eigenvalue weighted by molar-refractivity contribution is 5.98. The number of amides is 1. The SMILES string of the molecule is O=C(O)C(=Cc1ccccc1)CC(=O)N1CCC2CCCCC21. The molecule has 1 saturated carbocycles. The molecule has 3 rings (SSSR count). The van der Waals surface area contributed by atoms with E-state index in [-0.39, 0.29) is 17.9 Å². The number of carbonyl (C=O) groups is 2. The van der Waals surface area contributed by atoms with Crippen LogP contribution in [0, 0.1) is 5.92 Å². The normalized spacial score (nSPS) is 24.3. The molecule has 4 heteroatoms. The lowest BCUT2D eigenvalue weighted by molar-refractivity contribution is -0.137. The molecule has 4 nitrogen and oxygen atoms in total. The van der Waals surface area contributed by atoms with Crippen LogP contribution in [-0.2, 0) is 9.59 Å². The van der Waals surface area contributed by atoms with E-state index in [0.29, 0.717) is 12.0 Å². The van der Waals surface area contributed by atoms with Gasteiger partial charge in [0, 0.05) is 18.2 Å². The number of carbonyl (C=O) groups excluding carboxylic acids is 1. The maximum atomic E-state index is 12.6. The molecule has 23 heavy (non-hydrogen) atoms. The van der Waals surface area contributed by atoms with Gasteiger partial charge in [0.1, 0.15) is 0 Å². The fraction of sp³-hybridized carbons (Fsp3) is 0.474. The summed E-state index contributed by atoms with van der Waals surface area (Å²) in [4.78, 5) is 26.1. The van der Waals surface area contributed by atoms with Crippen molar-refractivity contribution in [2.45, 2.75) is 44.6 Å². The zero-order chi connectivity index (χ0) is 16.2. The van der Waals surface area contributed by atoms with Gasteiger partial charge < -0.3 is 10.0 Å². The fourth-order valence-electron chi connectivity index (χ4n) is 3.92. The molecular weight excluding hydrogens is 290 g/mol. The highest BCUT2D eigenvalue weighted by Crippen LogP contribution is 2.36. The van der Waals surface area contributed by atoms with Crippen molar-refractivity contribution < 1.29 is 14.7 Å². The van der Waals surface area contributed by atoms with Crippen molar-refractivity contribution in [3.63, 3.8) is 0 Å². The first kappa shape index (κ1) is 15.8. The van der Waals surface area contributed by atoms with E-state index in [2.05, 4.69) is 0 Å². The number of hydrogen-bond acceptors (Lipinski definition) is 2. The van der Waals surface area contributed by atoms with Crippen LogP contribution >= 0.6 is 0 Å². The zero-order valence-corrected chi connectivity index (χ0v) is 13.3. The summed E-state index contributed by atoms with van der Waals surface area (Å²) in [5, 5.41) is 9.42. The van der Waals surface area contributed by atoms with Crippen LogP contribution in [0.3, 0.4) is 0 Å². The van der Waals surface area contributed by atoms with Crippen molar-refractivity contribution in [3.05, 3.63) is 41.5 Å². The molecule has 0 radical (unpaired) electrons. The van der Waals surface area contributed by atoms with E-state index in [1.165, 1.54) is 19.3 Å². The molecule has 0 aromatic heterocycles. The predicted octanol–water partition coefficient (Wildman–Crippen LogP) is 3.34. The standard InChI is InChI=1S/C19H23NO3/c21-18(20-11-10-15-8-4-5-9-17(15)20)13-16(19(22)23)12-14-6-2-1-3-7-14/h1-3,6-7,12,15,17H,4-5,8-11,13H2,(H,22,23). The van der Waals surface area contributed by atoms with Crippen molar-refractivity contribution in [1.29, 1.82) is 0 Å². The molecular formula is C19H23NO3. The van der Waals surface area contributed by atoms with Crippen molar-refractivity contribution in [2.75, 3.05) is 6.54 Å². The number of likely N-dealkylation sites (tertiary alicyclic amines) is 1. The summed E-state index contributed by atoms with van der Waals surface area (Å²) in [5.41, 5.74) is 0.982. The van der Waals surface area contributed by atoms with Crippen LogP contribution in [0.4, 0.5) is 0 Å². The third-order valence-corrected chi connectivity index (χ3v) is 5.09. The zero-order valence-electron chi connectivity index (χ0n) is 13.3. The van der Waals surface area contributed by atoms with Gasteiger partial charge in [-0.15, -0.1) is 0 Å². The second kappa shape index (κ2) is 6.99. The number of hydrogen-bond donors (Lipinski definition) is 1. The van der Waals surface area contributed by atoms with Crippen molar-refractivity contribution in [2.24, 2.45) is 5.92 Å². The Morgan fingerprint density at radius 2 is 1.87 bits per heavy atom. The number of fused-ring (bicyclic) bond motifs is 1. The molecule has 1 N–H and O–H groups in total. The molecule has 2 fully saturated rings. The summed E-state index contributed by atoms with van der Waals surface area (Å²) in [6.45, 7) is 0.784. The second-order valence-electron chi connectivity index (χ2n) is 6.55. The summed E-state index contributed by atoms with van der Waals surface area (Å²) in [6.07, 6.45) is 7.37. The van der Waals surface area contributed by atoms with Crippen molar-refractivity contribution >= 4 is 18.0 Å². The molecule has 1 aromatic rings. The molecule has 122 valence electrons. The van der Waals surface area contributed by atoms with Crippen LogP contribution < -0.4 is 0 Å². The first-order valence-electron chi connectivity index (χ1n) is 8.43. The van der Waals surface area contributed by atoms with Crippen LogP contribution in [-0.4, -0.2) is 34.5 Å². The van der Waals surface area contributed by atoms with E-state index in [4.69, 9.17) is 0 Å². The van der Waals surface area contributed by atoms with E-state index >= 15 is 0 Å². The van der Waals surface area contributed by atoms with Gasteiger partial charge in [-0.2, -0.15) is 0 Å². The van der Waals surface area contributed by atoms with Crippen LogP contribution in [0.25, 0.3) is 6.08 Å². The number of carboxylic acid groups (broad SMARTS) is 1. The molecule has 0 bridgehead atoms. The monoisotopic (exact) mass is 313 g/mol. The number of carboxylic acids is 1. The highest BCUT2D eigenvalue weighted by atomic mass is 16.4. The molecule has 2 aliphatic rings. The summed E-state index contributed by atoms with van der Waals surface area (Å²) in [7, 11) is 0. The Bertz CT molecular complexity index is 608. The number of nitrogens with zero attached hydrogens (tertiary/aromatic N) is 1. The molecule has 1 saturated heterocycles. The molecule has 1 amide bonds. The van der Waals surface area contributed by atoms with Crippen LogP contribution in [0.1, 0.15) is 44.1 Å². The maximum Gasteiger partial charge on any atom is 0.332 e. The summed E-state index contributed by atoms with van der Waals surface area (Å²) < 4.78 is 0. The van der Waals surface area contributed by atoms with Gasteiger partial charge in [0.05, 0.1) is 6.42 Å². The third kappa shape index (κ3) is 3.63. The minimum absolute atomic E-state index is 0.0204. The lowest BCUT2D eigenvalue weighted by atomic mass is 9.85. The van der Waals surface area contributed by atoms with Gasteiger partial charge in [-0.3, -0.25) is 4.79 Å². The largest absolute Gasteiger partial charge is 0.478 e. The maximum absolute atomic E-state index is 12.6. The number of benzene rings is 1. The molecule has 1 aliphatic heterocycles. The summed E-state index contributed by atoms with van der Waals surface area (Å²) in [6, 6.07) is 9.64. The Kier molecular flexibility index (Phi) is 4.79. The van der Waals surface area contributed by atoms with E-state index < -0.39 is 5.97 Å². The van der Waals surface area contributed by atoms with Gasteiger partial charge in [0.2, 0.25) is 5.91 Å². The topological polar surface area (TPSA) is 57.6 Å². The lowest BCUT2D eigenvalue weighted by Crippen LogP contribution is -2.39. The first-order chi connectivity index (χ1) is 11.1. The van der Waals surface area contributed by atoms with Gasteiger partial charge in [-0.05, 0) is 36.8 Å². The van der Waals surface area contributed by atoms with Crippen molar-refractivity contribution in [3.8, 4) is 0 Å². The third-order valence-electron chi connectivity index (χ3n) is 5.09. The quantitative estimate of drug-likeness (QED) is 0.867. The lowest BCUT2D eigenvalue weighted by Gasteiger charge is -2.31. The fourth-order valence-corrected chi connectivity index (χ4v) is 3.92. The van der Waals surface area contributed by atoms with Gasteiger partial charge in [0.15, 0.2) is 0 Å². The Labute approximate surface area is 136 Å². The van der Waals surface area contributed by atoms with Crippen LogP contribution in [0.15, 0.2) is 35.9 Å². The van der Waals surface area contributed by atoms with Gasteiger partial charge in [0.25, 0.3) is 0 Å². The summed E-state index contributed by atoms with van der Waals surface area (Å²) in [5.74, 6) is -0.426. The minimum atomic E-state index is -1.01. The van der Waals surface area contributed by atoms with Crippen LogP contribution in [0.5, 0.6) is 0 Å².